The topological polar surface area (TPSA) is 68.9 Å². The predicted octanol–water partition coefficient (Wildman–Crippen LogP) is 2.82. The Morgan fingerprint density at radius 2 is 1.95 bits per heavy atom. The fourth-order valence-corrected chi connectivity index (χ4v) is 2.92. The summed E-state index contributed by atoms with van der Waals surface area (Å²) in [5.74, 6) is 1.89. The molecule has 5 nitrogen and oxygen atoms in total. The molecule has 0 aliphatic heterocycles. The Morgan fingerprint density at radius 1 is 1.23 bits per heavy atom. The Morgan fingerprint density at radius 3 is 2.55 bits per heavy atom. The number of nitrogens with zero attached hydrogens (tertiary/aromatic N) is 1. The number of nitrogens with two attached hydrogens (primary N) is 1. The van der Waals surface area contributed by atoms with Gasteiger partial charge in [-0.2, -0.15) is 5.10 Å². The lowest BCUT2D eigenvalue weighted by molar-refractivity contribution is 0.392. The molecule has 0 atom stereocenters. The number of nitrogens with one attached hydrogen (secondary N) is 1. The molecule has 120 valence electrons. The summed E-state index contributed by atoms with van der Waals surface area (Å²) in [6, 6.07) is 5.76. The van der Waals surface area contributed by atoms with E-state index in [1.165, 1.54) is 19.3 Å². The summed E-state index contributed by atoms with van der Waals surface area (Å²) in [6.45, 7) is 0. The zero-order valence-corrected chi connectivity index (χ0v) is 13.9. The van der Waals surface area contributed by atoms with Crippen LogP contribution >= 0.6 is 12.2 Å². The molecule has 1 aromatic rings. The number of rotatable bonds is 5. The van der Waals surface area contributed by atoms with Crippen LogP contribution in [0.3, 0.4) is 0 Å². The normalized spacial score (nSPS) is 16.2. The fourth-order valence-electron chi connectivity index (χ4n) is 2.87. The van der Waals surface area contributed by atoms with Crippen LogP contribution in [0.2, 0.25) is 0 Å². The Balaban J connectivity index is 2.39. The minimum atomic E-state index is 0.167. The number of hydrogen-bond acceptors (Lipinski definition) is 4. The number of hydrazone groups is 1. The molecule has 2 rings (SSSR count). The second-order valence-corrected chi connectivity index (χ2v) is 5.81. The second kappa shape index (κ2) is 7.98. The van der Waals surface area contributed by atoms with E-state index in [1.54, 1.807) is 14.2 Å². The van der Waals surface area contributed by atoms with Gasteiger partial charge in [0.25, 0.3) is 0 Å². The van der Waals surface area contributed by atoms with Gasteiger partial charge in [-0.3, -0.25) is 5.43 Å². The molecule has 0 aromatic heterocycles. The van der Waals surface area contributed by atoms with E-state index in [-0.39, 0.29) is 5.11 Å². The molecule has 1 aliphatic rings. The summed E-state index contributed by atoms with van der Waals surface area (Å²) in [7, 11) is 3.29. The predicted molar refractivity (Wildman–Crippen MR) is 92.6 cm³/mol. The van der Waals surface area contributed by atoms with Crippen molar-refractivity contribution >= 4 is 23.0 Å². The Bertz CT molecular complexity index is 554. The average molecular weight is 321 g/mol. The summed E-state index contributed by atoms with van der Waals surface area (Å²) < 4.78 is 10.8. The average Bonchev–Trinajstić information content (AvgIpc) is 2.56. The third-order valence-electron chi connectivity index (χ3n) is 3.96. The van der Waals surface area contributed by atoms with Crippen LogP contribution in [0.4, 0.5) is 0 Å². The number of ether oxygens (including phenoxy) is 2. The molecule has 0 bridgehead atoms. The van der Waals surface area contributed by atoms with Gasteiger partial charge in [0.1, 0.15) is 11.5 Å². The van der Waals surface area contributed by atoms with E-state index in [0.29, 0.717) is 5.92 Å². The Labute approximate surface area is 136 Å². The summed E-state index contributed by atoms with van der Waals surface area (Å²) >= 11 is 4.87. The zero-order chi connectivity index (χ0) is 15.9. The molecule has 22 heavy (non-hydrogen) atoms. The van der Waals surface area contributed by atoms with E-state index in [2.05, 4.69) is 10.5 Å². The lowest BCUT2D eigenvalue weighted by Gasteiger charge is -2.24. The first-order chi connectivity index (χ1) is 10.7. The number of methoxy groups -OCH3 is 2. The van der Waals surface area contributed by atoms with Gasteiger partial charge in [-0.25, -0.2) is 0 Å². The van der Waals surface area contributed by atoms with Crippen LogP contribution in [-0.2, 0) is 0 Å². The third-order valence-corrected chi connectivity index (χ3v) is 4.05. The summed E-state index contributed by atoms with van der Waals surface area (Å²) in [4.78, 5) is 0. The van der Waals surface area contributed by atoms with Gasteiger partial charge in [0, 0.05) is 17.5 Å². The van der Waals surface area contributed by atoms with E-state index in [9.17, 15) is 0 Å². The van der Waals surface area contributed by atoms with Crippen molar-refractivity contribution < 1.29 is 9.47 Å². The molecule has 0 spiro atoms. The highest BCUT2D eigenvalue weighted by Gasteiger charge is 2.23. The molecular weight excluding hydrogens is 298 g/mol. The Kier molecular flexibility index (Phi) is 6.00. The van der Waals surface area contributed by atoms with Crippen LogP contribution < -0.4 is 20.6 Å². The fraction of sp³-hybridized carbons (Fsp3) is 0.500. The minimum absolute atomic E-state index is 0.167. The highest BCUT2D eigenvalue weighted by atomic mass is 32.1. The number of thiocarbonyl (C=S) groups is 1. The lowest BCUT2D eigenvalue weighted by atomic mass is 9.83. The first-order valence-corrected chi connectivity index (χ1v) is 7.92. The molecule has 0 heterocycles. The van der Waals surface area contributed by atoms with Gasteiger partial charge in [-0.05, 0) is 37.2 Å². The van der Waals surface area contributed by atoms with Crippen molar-refractivity contribution in [3.63, 3.8) is 0 Å². The van der Waals surface area contributed by atoms with Crippen molar-refractivity contribution in [3.8, 4) is 11.5 Å². The molecule has 0 radical (unpaired) electrons. The van der Waals surface area contributed by atoms with E-state index >= 15 is 0 Å². The van der Waals surface area contributed by atoms with Crippen molar-refractivity contribution in [2.75, 3.05) is 14.2 Å². The molecule has 1 aliphatic carbocycles. The molecule has 1 fully saturated rings. The standard InChI is InChI=1S/C16H23N3O2S/c1-20-12-8-9-13(14(10-12)21-2)15(18-19-16(17)22)11-6-4-3-5-7-11/h8-11H,3-7H2,1-2H3,(H3,17,19,22)/b18-15+. The minimum Gasteiger partial charge on any atom is -0.497 e. The van der Waals surface area contributed by atoms with Crippen LogP contribution in [-0.4, -0.2) is 25.0 Å². The van der Waals surface area contributed by atoms with Crippen LogP contribution in [0.25, 0.3) is 0 Å². The maximum absolute atomic E-state index is 5.53. The molecule has 0 unspecified atom stereocenters. The summed E-state index contributed by atoms with van der Waals surface area (Å²) in [5, 5.41) is 4.63. The third kappa shape index (κ3) is 4.10. The first-order valence-electron chi connectivity index (χ1n) is 7.51. The SMILES string of the molecule is COc1ccc(/C(=N/NC(N)=S)C2CCCCC2)c(OC)c1. The molecule has 1 saturated carbocycles. The summed E-state index contributed by atoms with van der Waals surface area (Å²) in [6.07, 6.45) is 5.96. The molecule has 6 heteroatoms. The quantitative estimate of drug-likeness (QED) is 0.496. The Hall–Kier alpha value is -1.82. The summed E-state index contributed by atoms with van der Waals surface area (Å²) in [5.41, 5.74) is 10.2. The van der Waals surface area contributed by atoms with E-state index in [4.69, 9.17) is 27.4 Å². The van der Waals surface area contributed by atoms with Crippen LogP contribution in [0.15, 0.2) is 23.3 Å². The van der Waals surface area contributed by atoms with Crippen LogP contribution in [0.5, 0.6) is 11.5 Å². The van der Waals surface area contributed by atoms with Gasteiger partial charge < -0.3 is 15.2 Å². The zero-order valence-electron chi connectivity index (χ0n) is 13.1. The number of hydrogen-bond donors (Lipinski definition) is 2. The van der Waals surface area contributed by atoms with Crippen molar-refractivity contribution in [1.82, 2.24) is 5.43 Å². The van der Waals surface area contributed by atoms with Gasteiger partial charge in [-0.15, -0.1) is 0 Å². The van der Waals surface area contributed by atoms with Gasteiger partial charge >= 0.3 is 0 Å². The van der Waals surface area contributed by atoms with E-state index in [0.717, 1.165) is 35.6 Å². The lowest BCUT2D eigenvalue weighted by Crippen LogP contribution is -2.29. The van der Waals surface area contributed by atoms with E-state index in [1.807, 2.05) is 18.2 Å². The smallest absolute Gasteiger partial charge is 0.184 e. The highest BCUT2D eigenvalue weighted by Crippen LogP contribution is 2.32. The van der Waals surface area contributed by atoms with E-state index < -0.39 is 0 Å². The second-order valence-electron chi connectivity index (χ2n) is 5.37. The molecule has 0 amide bonds. The molecular formula is C16H23N3O2S. The van der Waals surface area contributed by atoms with Gasteiger partial charge in [0.05, 0.1) is 19.9 Å². The molecule has 3 N–H and O–H groups in total. The van der Waals surface area contributed by atoms with Crippen LogP contribution in [0, 0.1) is 5.92 Å². The van der Waals surface area contributed by atoms with Crippen molar-refractivity contribution in [3.05, 3.63) is 23.8 Å². The maximum Gasteiger partial charge on any atom is 0.184 e. The van der Waals surface area contributed by atoms with Gasteiger partial charge in [0.2, 0.25) is 0 Å². The van der Waals surface area contributed by atoms with Gasteiger partial charge in [0.15, 0.2) is 5.11 Å². The number of benzene rings is 1. The largest absolute Gasteiger partial charge is 0.497 e. The van der Waals surface area contributed by atoms with Crippen molar-refractivity contribution in [1.29, 1.82) is 0 Å². The van der Waals surface area contributed by atoms with Crippen LogP contribution in [0.1, 0.15) is 37.7 Å². The van der Waals surface area contributed by atoms with Gasteiger partial charge in [-0.1, -0.05) is 19.3 Å². The molecule has 1 aromatic carbocycles. The van der Waals surface area contributed by atoms with Crippen molar-refractivity contribution in [2.45, 2.75) is 32.1 Å². The monoisotopic (exact) mass is 321 g/mol. The first kappa shape index (κ1) is 16.5. The van der Waals surface area contributed by atoms with Crippen molar-refractivity contribution in [2.24, 2.45) is 16.8 Å². The highest BCUT2D eigenvalue weighted by molar-refractivity contribution is 7.80. The maximum atomic E-state index is 5.53. The molecule has 0 saturated heterocycles.